The van der Waals surface area contributed by atoms with Gasteiger partial charge in [0.1, 0.15) is 5.75 Å². The highest BCUT2D eigenvalue weighted by atomic mass is 32.1. The van der Waals surface area contributed by atoms with Gasteiger partial charge in [0, 0.05) is 30.0 Å². The van der Waals surface area contributed by atoms with Crippen molar-refractivity contribution in [3.8, 4) is 5.75 Å². The zero-order valence-electron chi connectivity index (χ0n) is 12.7. The van der Waals surface area contributed by atoms with Crippen molar-refractivity contribution in [2.75, 3.05) is 13.7 Å². The van der Waals surface area contributed by atoms with Crippen LogP contribution in [0.2, 0.25) is 0 Å². The van der Waals surface area contributed by atoms with E-state index < -0.39 is 0 Å². The van der Waals surface area contributed by atoms with Crippen LogP contribution in [-0.2, 0) is 19.3 Å². The molecule has 0 saturated heterocycles. The van der Waals surface area contributed by atoms with Crippen LogP contribution in [0.1, 0.15) is 28.2 Å². The Morgan fingerprint density at radius 3 is 3.10 bits per heavy atom. The Bertz CT molecular complexity index is 609. The van der Waals surface area contributed by atoms with Crippen molar-refractivity contribution < 1.29 is 4.74 Å². The van der Waals surface area contributed by atoms with Gasteiger partial charge in [0.05, 0.1) is 11.6 Å². The molecule has 112 valence electrons. The van der Waals surface area contributed by atoms with Gasteiger partial charge in [0.25, 0.3) is 0 Å². The minimum atomic E-state index is 0.486. The Morgan fingerprint density at radius 2 is 2.33 bits per heavy atom. The Balaban J connectivity index is 1.57. The Kier molecular flexibility index (Phi) is 4.56. The molecule has 2 aromatic rings. The van der Waals surface area contributed by atoms with E-state index in [1.165, 1.54) is 16.1 Å². The molecule has 0 aliphatic carbocycles. The second-order valence-electron chi connectivity index (χ2n) is 5.65. The minimum absolute atomic E-state index is 0.486. The van der Waals surface area contributed by atoms with Gasteiger partial charge < -0.3 is 10.1 Å². The van der Waals surface area contributed by atoms with E-state index in [4.69, 9.17) is 4.74 Å². The molecule has 1 atom stereocenters. The average molecular weight is 302 g/mol. The smallest absolute Gasteiger partial charge is 0.122 e. The Morgan fingerprint density at radius 1 is 1.43 bits per heavy atom. The molecule has 0 radical (unpaired) electrons. The molecule has 3 rings (SSSR count). The van der Waals surface area contributed by atoms with Crippen LogP contribution >= 0.6 is 11.3 Å². The fraction of sp³-hybridized carbons (Fsp3) is 0.471. The molecule has 1 aliphatic rings. The van der Waals surface area contributed by atoms with Crippen LogP contribution in [0.5, 0.6) is 5.75 Å². The van der Waals surface area contributed by atoms with Crippen LogP contribution in [0.25, 0.3) is 0 Å². The van der Waals surface area contributed by atoms with E-state index in [0.717, 1.165) is 43.7 Å². The predicted molar refractivity (Wildman–Crippen MR) is 87.4 cm³/mol. The normalized spacial score (nSPS) is 14.8. The molecule has 0 spiro atoms. The van der Waals surface area contributed by atoms with E-state index in [1.807, 2.05) is 7.05 Å². The van der Waals surface area contributed by atoms with Gasteiger partial charge >= 0.3 is 0 Å². The van der Waals surface area contributed by atoms with Crippen molar-refractivity contribution in [2.24, 2.45) is 0 Å². The molecule has 1 aliphatic heterocycles. The summed E-state index contributed by atoms with van der Waals surface area (Å²) in [6.07, 6.45) is 4.30. The first kappa shape index (κ1) is 14.5. The highest BCUT2D eigenvalue weighted by Crippen LogP contribution is 2.26. The lowest BCUT2D eigenvalue weighted by molar-refractivity contribution is 0.357. The van der Waals surface area contributed by atoms with Gasteiger partial charge in [-0.15, -0.1) is 11.3 Å². The summed E-state index contributed by atoms with van der Waals surface area (Å²) in [5.74, 6) is 1.07. The van der Waals surface area contributed by atoms with Gasteiger partial charge in [-0.05, 0) is 44.0 Å². The van der Waals surface area contributed by atoms with Crippen molar-refractivity contribution >= 4 is 11.3 Å². The first-order valence-corrected chi connectivity index (χ1v) is 8.45. The minimum Gasteiger partial charge on any atom is -0.493 e. The van der Waals surface area contributed by atoms with Gasteiger partial charge in [-0.25, -0.2) is 4.98 Å². The monoisotopic (exact) mass is 302 g/mol. The summed E-state index contributed by atoms with van der Waals surface area (Å²) >= 11 is 1.76. The number of fused-ring (bicyclic) bond motifs is 1. The van der Waals surface area contributed by atoms with Crippen molar-refractivity contribution in [1.29, 1.82) is 0 Å². The molecule has 1 aromatic carbocycles. The van der Waals surface area contributed by atoms with Gasteiger partial charge in [-0.3, -0.25) is 0 Å². The van der Waals surface area contributed by atoms with Crippen molar-refractivity contribution in [2.45, 2.75) is 38.6 Å². The van der Waals surface area contributed by atoms with Crippen LogP contribution in [0.3, 0.4) is 0 Å². The maximum absolute atomic E-state index is 5.56. The zero-order chi connectivity index (χ0) is 14.7. The lowest BCUT2D eigenvalue weighted by atomic mass is 10.0. The molecular weight excluding hydrogens is 280 g/mol. The fourth-order valence-electron chi connectivity index (χ4n) is 2.79. The van der Waals surface area contributed by atoms with E-state index in [9.17, 15) is 0 Å². The van der Waals surface area contributed by atoms with Gasteiger partial charge in [0.2, 0.25) is 0 Å². The highest BCUT2D eigenvalue weighted by Gasteiger charge is 2.14. The number of thiazole rings is 1. The summed E-state index contributed by atoms with van der Waals surface area (Å²) in [4.78, 5) is 4.56. The molecule has 1 N–H and O–H groups in total. The largest absolute Gasteiger partial charge is 0.493 e. The molecule has 0 bridgehead atoms. The topological polar surface area (TPSA) is 34.1 Å². The molecule has 0 fully saturated rings. The Labute approximate surface area is 130 Å². The zero-order valence-corrected chi connectivity index (χ0v) is 13.5. The molecular formula is C17H22N2OS. The number of likely N-dealkylation sites (N-methyl/N-ethyl adjacent to an activating group) is 1. The molecule has 2 heterocycles. The van der Waals surface area contributed by atoms with E-state index in [2.05, 4.69) is 40.8 Å². The van der Waals surface area contributed by atoms with Crippen molar-refractivity contribution in [1.82, 2.24) is 10.3 Å². The summed E-state index contributed by atoms with van der Waals surface area (Å²) in [5.41, 5.74) is 3.90. The second kappa shape index (κ2) is 6.58. The molecule has 3 nitrogen and oxygen atoms in total. The number of hydrogen-bond acceptors (Lipinski definition) is 4. The van der Waals surface area contributed by atoms with Crippen molar-refractivity contribution in [3.63, 3.8) is 0 Å². The van der Waals surface area contributed by atoms with Gasteiger partial charge in [0.15, 0.2) is 0 Å². The van der Waals surface area contributed by atoms with Crippen LogP contribution < -0.4 is 10.1 Å². The summed E-state index contributed by atoms with van der Waals surface area (Å²) in [5, 5.41) is 6.78. The van der Waals surface area contributed by atoms with Gasteiger partial charge in [-0.1, -0.05) is 12.1 Å². The standard InChI is InChI=1S/C17H22N2OS/c1-12-11-21-17(19-12)10-15(18-2)5-3-13-4-6-16-14(9-13)7-8-20-16/h4,6,9,11,15,18H,3,5,7-8,10H2,1-2H3. The summed E-state index contributed by atoms with van der Waals surface area (Å²) in [6.45, 7) is 2.89. The first-order valence-electron chi connectivity index (χ1n) is 7.57. The van der Waals surface area contributed by atoms with Crippen LogP contribution in [0, 0.1) is 6.92 Å². The van der Waals surface area contributed by atoms with E-state index >= 15 is 0 Å². The molecule has 1 aromatic heterocycles. The van der Waals surface area contributed by atoms with Crippen LogP contribution in [0.4, 0.5) is 0 Å². The number of aryl methyl sites for hydroxylation is 2. The fourth-order valence-corrected chi connectivity index (χ4v) is 3.65. The SMILES string of the molecule is CNC(CCc1ccc2c(c1)CCO2)Cc1nc(C)cs1. The van der Waals surface area contributed by atoms with E-state index in [-0.39, 0.29) is 0 Å². The number of nitrogens with one attached hydrogen (secondary N) is 1. The second-order valence-corrected chi connectivity index (χ2v) is 6.59. The quantitative estimate of drug-likeness (QED) is 0.890. The third-order valence-electron chi connectivity index (χ3n) is 4.03. The van der Waals surface area contributed by atoms with Crippen LogP contribution in [-0.4, -0.2) is 24.7 Å². The average Bonchev–Trinajstić information content (AvgIpc) is 3.11. The summed E-state index contributed by atoms with van der Waals surface area (Å²) in [7, 11) is 2.04. The lowest BCUT2D eigenvalue weighted by Crippen LogP contribution is -2.28. The van der Waals surface area contributed by atoms with Gasteiger partial charge in [-0.2, -0.15) is 0 Å². The lowest BCUT2D eigenvalue weighted by Gasteiger charge is -2.15. The Hall–Kier alpha value is -1.39. The van der Waals surface area contributed by atoms with E-state index in [1.54, 1.807) is 11.3 Å². The number of nitrogens with zero attached hydrogens (tertiary/aromatic N) is 1. The molecule has 0 amide bonds. The number of aromatic nitrogens is 1. The highest BCUT2D eigenvalue weighted by molar-refractivity contribution is 7.09. The van der Waals surface area contributed by atoms with Crippen LogP contribution in [0.15, 0.2) is 23.6 Å². The van der Waals surface area contributed by atoms with Crippen molar-refractivity contribution in [3.05, 3.63) is 45.4 Å². The molecule has 21 heavy (non-hydrogen) atoms. The maximum atomic E-state index is 5.56. The molecule has 4 heteroatoms. The predicted octanol–water partition coefficient (Wildman–Crippen LogP) is 3.15. The summed E-state index contributed by atoms with van der Waals surface area (Å²) < 4.78 is 5.56. The number of benzene rings is 1. The summed E-state index contributed by atoms with van der Waals surface area (Å²) in [6, 6.07) is 7.11. The number of rotatable bonds is 6. The number of ether oxygens (including phenoxy) is 1. The molecule has 0 saturated carbocycles. The molecule has 1 unspecified atom stereocenters. The van der Waals surface area contributed by atoms with E-state index in [0.29, 0.717) is 6.04 Å². The number of hydrogen-bond donors (Lipinski definition) is 1. The third kappa shape index (κ3) is 3.63. The first-order chi connectivity index (χ1) is 10.2. The third-order valence-corrected chi connectivity index (χ3v) is 5.02. The maximum Gasteiger partial charge on any atom is 0.122 e.